The van der Waals surface area contributed by atoms with Crippen LogP contribution < -0.4 is 0 Å². The molecule has 0 aromatic heterocycles. The van der Waals surface area contributed by atoms with Crippen LogP contribution >= 0.6 is 0 Å². The van der Waals surface area contributed by atoms with Crippen molar-refractivity contribution < 1.29 is 9.53 Å². The topological polar surface area (TPSA) is 29.5 Å². The van der Waals surface area contributed by atoms with Gasteiger partial charge in [0.1, 0.15) is 0 Å². The predicted molar refractivity (Wildman–Crippen MR) is 89.8 cm³/mol. The van der Waals surface area contributed by atoms with E-state index in [1.54, 1.807) is 0 Å². The number of likely N-dealkylation sites (tertiary alicyclic amines) is 1. The Morgan fingerprint density at radius 3 is 2.59 bits per heavy atom. The third kappa shape index (κ3) is 6.61. The molecule has 2 rings (SSSR count). The molecule has 0 bridgehead atoms. The van der Waals surface area contributed by atoms with E-state index in [1.807, 2.05) is 0 Å². The molecule has 0 aliphatic carbocycles. The first-order valence-corrected chi connectivity index (χ1v) is 8.66. The van der Waals surface area contributed by atoms with Gasteiger partial charge in [0, 0.05) is 0 Å². The summed E-state index contributed by atoms with van der Waals surface area (Å²) >= 11 is 0. The van der Waals surface area contributed by atoms with Crippen LogP contribution in [0, 0.1) is 5.92 Å². The second-order valence-electron chi connectivity index (χ2n) is 6.48. The second kappa shape index (κ2) is 9.62. The Bertz CT molecular complexity index is 426. The fourth-order valence-electron chi connectivity index (χ4n) is 2.92. The molecule has 0 unspecified atom stereocenters. The molecule has 0 amide bonds. The summed E-state index contributed by atoms with van der Waals surface area (Å²) in [4.78, 5) is 14.0. The number of carbonyl (C=O) groups is 1. The molecule has 0 spiro atoms. The molecule has 0 N–H and O–H groups in total. The van der Waals surface area contributed by atoms with Crippen LogP contribution in [0.15, 0.2) is 30.3 Å². The molecular weight excluding hydrogens is 274 g/mol. The molecule has 1 aliphatic heterocycles. The monoisotopic (exact) mass is 303 g/mol. The smallest absolute Gasteiger partial charge is 0.320 e. The number of rotatable bonds is 8. The molecule has 1 aromatic rings. The average Bonchev–Trinajstić information content (AvgIpc) is 2.55. The van der Waals surface area contributed by atoms with E-state index in [-0.39, 0.29) is 5.97 Å². The molecule has 1 aliphatic rings. The van der Waals surface area contributed by atoms with Gasteiger partial charge in [0.15, 0.2) is 0 Å². The normalized spacial score (nSPS) is 17.1. The van der Waals surface area contributed by atoms with Crippen LogP contribution in [0.25, 0.3) is 0 Å². The standard InChI is InChI=1S/C19H29NO2/c1-17(10-11-18-8-4-2-5-9-18)12-15-22-19(21)16-20-13-6-3-7-14-20/h2,4-5,8-9,17H,3,6-7,10-16H2,1H3/t17-/m1/s1. The molecule has 122 valence electrons. The summed E-state index contributed by atoms with van der Waals surface area (Å²) in [5, 5.41) is 0. The summed E-state index contributed by atoms with van der Waals surface area (Å²) in [6, 6.07) is 10.6. The minimum atomic E-state index is -0.0582. The molecule has 0 radical (unpaired) electrons. The third-order valence-corrected chi connectivity index (χ3v) is 4.44. The number of benzene rings is 1. The second-order valence-corrected chi connectivity index (χ2v) is 6.48. The minimum Gasteiger partial charge on any atom is -0.465 e. The van der Waals surface area contributed by atoms with Gasteiger partial charge in [0.05, 0.1) is 13.2 Å². The lowest BCUT2D eigenvalue weighted by Gasteiger charge is -2.25. The summed E-state index contributed by atoms with van der Waals surface area (Å²) < 4.78 is 5.39. The average molecular weight is 303 g/mol. The van der Waals surface area contributed by atoms with Crippen LogP contribution in [0.3, 0.4) is 0 Å². The van der Waals surface area contributed by atoms with Gasteiger partial charge < -0.3 is 4.74 Å². The van der Waals surface area contributed by atoms with Gasteiger partial charge in [-0.25, -0.2) is 0 Å². The van der Waals surface area contributed by atoms with Crippen LogP contribution in [0.5, 0.6) is 0 Å². The van der Waals surface area contributed by atoms with Gasteiger partial charge in [-0.3, -0.25) is 9.69 Å². The Morgan fingerprint density at radius 2 is 1.86 bits per heavy atom. The first kappa shape index (κ1) is 17.0. The lowest BCUT2D eigenvalue weighted by atomic mass is 9.99. The van der Waals surface area contributed by atoms with Crippen LogP contribution in [0.2, 0.25) is 0 Å². The molecule has 1 aromatic carbocycles. The largest absolute Gasteiger partial charge is 0.465 e. The third-order valence-electron chi connectivity index (χ3n) is 4.44. The molecule has 1 heterocycles. The molecule has 3 heteroatoms. The van der Waals surface area contributed by atoms with Crippen LogP contribution in [0.1, 0.15) is 44.6 Å². The quantitative estimate of drug-likeness (QED) is 0.686. The molecule has 1 saturated heterocycles. The number of ether oxygens (including phenoxy) is 1. The maximum absolute atomic E-state index is 11.8. The van der Waals surface area contributed by atoms with Crippen molar-refractivity contribution in [2.24, 2.45) is 5.92 Å². The maximum Gasteiger partial charge on any atom is 0.320 e. The van der Waals surface area contributed by atoms with Gasteiger partial charge in [0.25, 0.3) is 0 Å². The highest BCUT2D eigenvalue weighted by Gasteiger charge is 2.14. The lowest BCUT2D eigenvalue weighted by molar-refractivity contribution is -0.145. The van der Waals surface area contributed by atoms with Crippen molar-refractivity contribution in [1.29, 1.82) is 0 Å². The van der Waals surface area contributed by atoms with E-state index in [4.69, 9.17) is 4.74 Å². The number of aryl methyl sites for hydroxylation is 1. The summed E-state index contributed by atoms with van der Waals surface area (Å²) in [6.45, 7) is 5.35. The van der Waals surface area contributed by atoms with Gasteiger partial charge in [0.2, 0.25) is 0 Å². The van der Waals surface area contributed by atoms with Crippen LogP contribution in [-0.2, 0) is 16.0 Å². The lowest BCUT2D eigenvalue weighted by Crippen LogP contribution is -2.35. The van der Waals surface area contributed by atoms with Crippen molar-refractivity contribution >= 4 is 5.97 Å². The number of hydrogen-bond donors (Lipinski definition) is 0. The van der Waals surface area contributed by atoms with Gasteiger partial charge in [-0.2, -0.15) is 0 Å². The van der Waals surface area contributed by atoms with Gasteiger partial charge in [-0.15, -0.1) is 0 Å². The van der Waals surface area contributed by atoms with Gasteiger partial charge in [-0.1, -0.05) is 43.7 Å². The van der Waals surface area contributed by atoms with Gasteiger partial charge in [-0.05, 0) is 56.7 Å². The number of esters is 1. The van der Waals surface area contributed by atoms with E-state index in [1.165, 1.54) is 24.8 Å². The minimum absolute atomic E-state index is 0.0582. The van der Waals surface area contributed by atoms with Crippen molar-refractivity contribution in [1.82, 2.24) is 4.90 Å². The maximum atomic E-state index is 11.8. The fourth-order valence-corrected chi connectivity index (χ4v) is 2.92. The Balaban J connectivity index is 1.54. The molecule has 0 saturated carbocycles. The van der Waals surface area contributed by atoms with Crippen molar-refractivity contribution in [3.63, 3.8) is 0 Å². The number of nitrogens with zero attached hydrogens (tertiary/aromatic N) is 1. The Kier molecular flexibility index (Phi) is 7.44. The van der Waals surface area contributed by atoms with E-state index < -0.39 is 0 Å². The molecule has 1 atom stereocenters. The Hall–Kier alpha value is -1.35. The Morgan fingerprint density at radius 1 is 1.14 bits per heavy atom. The highest BCUT2D eigenvalue weighted by Crippen LogP contribution is 2.13. The zero-order valence-corrected chi connectivity index (χ0v) is 13.8. The number of piperidine rings is 1. The van der Waals surface area contributed by atoms with E-state index in [9.17, 15) is 4.79 Å². The zero-order chi connectivity index (χ0) is 15.6. The number of carbonyl (C=O) groups excluding carboxylic acids is 1. The molecule has 22 heavy (non-hydrogen) atoms. The summed E-state index contributed by atoms with van der Waals surface area (Å²) in [5.74, 6) is 0.528. The van der Waals surface area contributed by atoms with Crippen LogP contribution in [-0.4, -0.2) is 37.1 Å². The van der Waals surface area contributed by atoms with E-state index in [0.29, 0.717) is 19.1 Å². The summed E-state index contributed by atoms with van der Waals surface area (Å²) in [6.07, 6.45) is 6.92. The summed E-state index contributed by atoms with van der Waals surface area (Å²) in [5.41, 5.74) is 1.39. The predicted octanol–water partition coefficient (Wildman–Crippen LogP) is 3.67. The number of hydrogen-bond acceptors (Lipinski definition) is 3. The molecule has 1 fully saturated rings. The first-order valence-electron chi connectivity index (χ1n) is 8.66. The molecular formula is C19H29NO2. The zero-order valence-electron chi connectivity index (χ0n) is 13.8. The van der Waals surface area contributed by atoms with Crippen molar-refractivity contribution in [3.05, 3.63) is 35.9 Å². The van der Waals surface area contributed by atoms with Crippen molar-refractivity contribution in [3.8, 4) is 0 Å². The Labute approximate surface area is 134 Å². The van der Waals surface area contributed by atoms with Crippen molar-refractivity contribution in [2.45, 2.75) is 45.4 Å². The highest BCUT2D eigenvalue weighted by atomic mass is 16.5. The first-order chi connectivity index (χ1) is 10.7. The highest BCUT2D eigenvalue weighted by molar-refractivity contribution is 5.71. The van der Waals surface area contributed by atoms with Gasteiger partial charge >= 0.3 is 5.97 Å². The molecule has 3 nitrogen and oxygen atoms in total. The van der Waals surface area contributed by atoms with Crippen LogP contribution in [0.4, 0.5) is 0 Å². The summed E-state index contributed by atoms with van der Waals surface area (Å²) in [7, 11) is 0. The van der Waals surface area contributed by atoms with E-state index in [2.05, 4.69) is 42.2 Å². The van der Waals surface area contributed by atoms with Crippen molar-refractivity contribution in [2.75, 3.05) is 26.2 Å². The fraction of sp³-hybridized carbons (Fsp3) is 0.632. The van der Waals surface area contributed by atoms with E-state index >= 15 is 0 Å². The van der Waals surface area contributed by atoms with E-state index in [0.717, 1.165) is 32.4 Å². The SMILES string of the molecule is C[C@@H](CCOC(=O)CN1CCCCC1)CCc1ccccc1.